The van der Waals surface area contributed by atoms with E-state index in [0.29, 0.717) is 11.3 Å². The van der Waals surface area contributed by atoms with Crippen molar-refractivity contribution in [2.75, 3.05) is 5.32 Å². The van der Waals surface area contributed by atoms with E-state index in [0.717, 1.165) is 25.7 Å². The van der Waals surface area contributed by atoms with Gasteiger partial charge in [0.05, 0.1) is 5.92 Å². The highest BCUT2D eigenvalue weighted by Crippen LogP contribution is 2.24. The molecule has 4 heteroatoms. The van der Waals surface area contributed by atoms with Crippen molar-refractivity contribution >= 4 is 11.6 Å². The maximum Gasteiger partial charge on any atom is 0.229 e. The maximum absolute atomic E-state index is 13.4. The quantitative estimate of drug-likeness (QED) is 0.847. The molecule has 0 heterocycles. The molecule has 1 amide bonds. The summed E-state index contributed by atoms with van der Waals surface area (Å²) in [6.45, 7) is 1.69. The molecule has 2 rings (SSSR count). The van der Waals surface area contributed by atoms with Crippen LogP contribution in [-0.4, -0.2) is 11.9 Å². The van der Waals surface area contributed by atoms with Gasteiger partial charge in [-0.2, -0.15) is 0 Å². The minimum Gasteiger partial charge on any atom is -0.327 e. The van der Waals surface area contributed by atoms with E-state index in [1.165, 1.54) is 6.07 Å². The molecule has 0 aromatic heterocycles. The highest BCUT2D eigenvalue weighted by Gasteiger charge is 2.28. The third-order valence-corrected chi connectivity index (χ3v) is 3.60. The van der Waals surface area contributed by atoms with Crippen LogP contribution in [0.3, 0.4) is 0 Å². The zero-order valence-electron chi connectivity index (χ0n) is 10.6. The monoisotopic (exact) mass is 250 g/mol. The molecule has 0 radical (unpaired) electrons. The van der Waals surface area contributed by atoms with Crippen molar-refractivity contribution in [2.24, 2.45) is 11.7 Å². The minimum absolute atomic E-state index is 0.0750. The third-order valence-electron chi connectivity index (χ3n) is 3.60. The van der Waals surface area contributed by atoms with Gasteiger partial charge < -0.3 is 11.1 Å². The Morgan fingerprint density at radius 2 is 2.11 bits per heavy atom. The normalized spacial score (nSPS) is 23.7. The second kappa shape index (κ2) is 5.48. The van der Waals surface area contributed by atoms with E-state index < -0.39 is 0 Å². The molecule has 0 saturated heterocycles. The van der Waals surface area contributed by atoms with Crippen molar-refractivity contribution in [2.45, 2.75) is 38.6 Å². The van der Waals surface area contributed by atoms with E-state index in [4.69, 9.17) is 5.73 Å². The zero-order chi connectivity index (χ0) is 13.1. The van der Waals surface area contributed by atoms with Gasteiger partial charge in [0, 0.05) is 11.7 Å². The van der Waals surface area contributed by atoms with Crippen molar-refractivity contribution < 1.29 is 9.18 Å². The minimum atomic E-state index is -0.305. The number of anilines is 1. The summed E-state index contributed by atoms with van der Waals surface area (Å²) in [6.07, 6.45) is 3.83. The topological polar surface area (TPSA) is 55.1 Å². The Labute approximate surface area is 107 Å². The average molecular weight is 250 g/mol. The summed E-state index contributed by atoms with van der Waals surface area (Å²) < 4.78 is 13.4. The molecule has 1 saturated carbocycles. The molecule has 0 spiro atoms. The second-order valence-corrected chi connectivity index (χ2v) is 5.01. The average Bonchev–Trinajstić information content (AvgIpc) is 2.34. The smallest absolute Gasteiger partial charge is 0.229 e. The van der Waals surface area contributed by atoms with Crippen LogP contribution in [0.1, 0.15) is 31.2 Å². The number of hydrogen-bond acceptors (Lipinski definition) is 2. The van der Waals surface area contributed by atoms with E-state index in [1.54, 1.807) is 19.1 Å². The van der Waals surface area contributed by atoms with Crippen LogP contribution in [-0.2, 0) is 4.79 Å². The molecular formula is C14H19FN2O. The van der Waals surface area contributed by atoms with Crippen LogP contribution in [0, 0.1) is 18.7 Å². The van der Waals surface area contributed by atoms with Gasteiger partial charge >= 0.3 is 0 Å². The fourth-order valence-electron chi connectivity index (χ4n) is 2.39. The van der Waals surface area contributed by atoms with E-state index >= 15 is 0 Å². The molecule has 1 aliphatic carbocycles. The molecule has 98 valence electrons. The van der Waals surface area contributed by atoms with Gasteiger partial charge in [0.1, 0.15) is 5.82 Å². The number of carbonyl (C=O) groups excluding carboxylic acids is 1. The van der Waals surface area contributed by atoms with Crippen LogP contribution in [0.5, 0.6) is 0 Å². The van der Waals surface area contributed by atoms with Crippen molar-refractivity contribution in [3.63, 3.8) is 0 Å². The Morgan fingerprint density at radius 1 is 1.39 bits per heavy atom. The van der Waals surface area contributed by atoms with Gasteiger partial charge in [0.25, 0.3) is 0 Å². The summed E-state index contributed by atoms with van der Waals surface area (Å²) in [5.74, 6) is -0.547. The lowest BCUT2D eigenvalue weighted by atomic mass is 9.84. The predicted molar refractivity (Wildman–Crippen MR) is 69.7 cm³/mol. The Bertz CT molecular complexity index is 447. The number of nitrogens with two attached hydrogens (primary N) is 1. The maximum atomic E-state index is 13.4. The Kier molecular flexibility index (Phi) is 3.97. The van der Waals surface area contributed by atoms with E-state index in [1.807, 2.05) is 0 Å². The van der Waals surface area contributed by atoms with E-state index in [9.17, 15) is 9.18 Å². The van der Waals surface area contributed by atoms with Crippen molar-refractivity contribution in [1.82, 2.24) is 0 Å². The number of nitrogens with one attached hydrogen (secondary N) is 1. The van der Waals surface area contributed by atoms with Crippen LogP contribution >= 0.6 is 0 Å². The third kappa shape index (κ3) is 2.88. The number of amides is 1. The molecule has 3 N–H and O–H groups in total. The fraction of sp³-hybridized carbons (Fsp3) is 0.500. The number of halogens is 1. The molecule has 1 fully saturated rings. The number of aryl methyl sites for hydroxylation is 1. The predicted octanol–water partition coefficient (Wildman–Crippen LogP) is 2.59. The fourth-order valence-corrected chi connectivity index (χ4v) is 2.39. The lowest BCUT2D eigenvalue weighted by Crippen LogP contribution is -2.40. The van der Waals surface area contributed by atoms with Gasteiger partial charge in [0.2, 0.25) is 5.91 Å². The van der Waals surface area contributed by atoms with Crippen LogP contribution in [0.15, 0.2) is 18.2 Å². The summed E-state index contributed by atoms with van der Waals surface area (Å²) in [7, 11) is 0. The first kappa shape index (κ1) is 13.0. The summed E-state index contributed by atoms with van der Waals surface area (Å²) in [5, 5.41) is 2.75. The SMILES string of the molecule is Cc1ccc(NC(=O)C2CCCCC2N)cc1F. The number of rotatable bonds is 2. The van der Waals surface area contributed by atoms with Crippen LogP contribution in [0.4, 0.5) is 10.1 Å². The summed E-state index contributed by atoms with van der Waals surface area (Å²) >= 11 is 0. The molecule has 0 aliphatic heterocycles. The second-order valence-electron chi connectivity index (χ2n) is 5.01. The molecule has 1 aromatic rings. The summed E-state index contributed by atoms with van der Waals surface area (Å²) in [4.78, 5) is 12.1. The van der Waals surface area contributed by atoms with E-state index in [-0.39, 0.29) is 23.7 Å². The van der Waals surface area contributed by atoms with Gasteiger partial charge in [-0.25, -0.2) is 4.39 Å². The Balaban J connectivity index is 2.04. The molecule has 0 bridgehead atoms. The number of carbonyl (C=O) groups is 1. The molecule has 3 nitrogen and oxygen atoms in total. The molecule has 2 atom stereocenters. The lowest BCUT2D eigenvalue weighted by molar-refractivity contribution is -0.121. The van der Waals surface area contributed by atoms with Crippen LogP contribution in [0.25, 0.3) is 0 Å². The zero-order valence-corrected chi connectivity index (χ0v) is 10.6. The first-order valence-electron chi connectivity index (χ1n) is 6.40. The molecule has 1 aromatic carbocycles. The number of benzene rings is 1. The molecule has 2 unspecified atom stereocenters. The summed E-state index contributed by atoms with van der Waals surface area (Å²) in [5.41, 5.74) is 7.03. The lowest BCUT2D eigenvalue weighted by Gasteiger charge is -2.27. The summed E-state index contributed by atoms with van der Waals surface area (Å²) in [6, 6.07) is 4.65. The first-order valence-corrected chi connectivity index (χ1v) is 6.40. The van der Waals surface area contributed by atoms with Crippen molar-refractivity contribution in [3.8, 4) is 0 Å². The van der Waals surface area contributed by atoms with Crippen molar-refractivity contribution in [3.05, 3.63) is 29.6 Å². The highest BCUT2D eigenvalue weighted by molar-refractivity contribution is 5.93. The largest absolute Gasteiger partial charge is 0.327 e. The molecule has 1 aliphatic rings. The van der Waals surface area contributed by atoms with Gasteiger partial charge in [-0.3, -0.25) is 4.79 Å². The molecule has 18 heavy (non-hydrogen) atoms. The highest BCUT2D eigenvalue weighted by atomic mass is 19.1. The van der Waals surface area contributed by atoms with Gasteiger partial charge in [-0.15, -0.1) is 0 Å². The molecular weight excluding hydrogens is 231 g/mol. The Hall–Kier alpha value is -1.42. The van der Waals surface area contributed by atoms with Crippen LogP contribution in [0.2, 0.25) is 0 Å². The standard InChI is InChI=1S/C14H19FN2O/c1-9-6-7-10(8-12(9)15)17-14(18)11-4-2-3-5-13(11)16/h6-8,11,13H,2-5,16H2,1H3,(H,17,18). The van der Waals surface area contributed by atoms with Gasteiger partial charge in [0.15, 0.2) is 0 Å². The first-order chi connectivity index (χ1) is 8.58. The van der Waals surface area contributed by atoms with Gasteiger partial charge in [-0.05, 0) is 37.5 Å². The Morgan fingerprint density at radius 3 is 2.78 bits per heavy atom. The van der Waals surface area contributed by atoms with E-state index in [2.05, 4.69) is 5.32 Å². The van der Waals surface area contributed by atoms with Crippen LogP contribution < -0.4 is 11.1 Å². The van der Waals surface area contributed by atoms with Gasteiger partial charge in [-0.1, -0.05) is 18.9 Å². The van der Waals surface area contributed by atoms with Crippen molar-refractivity contribution in [1.29, 1.82) is 0 Å². The number of hydrogen-bond donors (Lipinski definition) is 2.